The normalized spacial score (nSPS) is 42.2. The molecule has 1 saturated heterocycles. The average molecular weight is 650 g/mol. The van der Waals surface area contributed by atoms with Crippen molar-refractivity contribution in [2.75, 3.05) is 0 Å². The number of hydrogen-bond donors (Lipinski definition) is 2. The smallest absolute Gasteiger partial charge is 0.104 e. The molecule has 0 aromatic heterocycles. The number of nitrogens with zero attached hydrogens (tertiary/aromatic N) is 1. The van der Waals surface area contributed by atoms with E-state index >= 15 is 0 Å². The predicted octanol–water partition coefficient (Wildman–Crippen LogP) is 8.50. The van der Waals surface area contributed by atoms with Gasteiger partial charge >= 0.3 is 0 Å². The predicted molar refractivity (Wildman–Crippen MR) is 174 cm³/mol. The zero-order valence-corrected chi connectivity index (χ0v) is 27.3. The molecule has 1 aliphatic heterocycles. The Labute approximate surface area is 270 Å². The zero-order valence-electron chi connectivity index (χ0n) is 24.3. The third kappa shape index (κ3) is 4.51. The van der Waals surface area contributed by atoms with Crippen molar-refractivity contribution in [1.29, 1.82) is 0 Å². The molecule has 9 unspecified atom stereocenters. The summed E-state index contributed by atoms with van der Waals surface area (Å²) in [4.78, 5) is 2.84. The highest BCUT2D eigenvalue weighted by molar-refractivity contribution is 6.47. The van der Waals surface area contributed by atoms with Crippen molar-refractivity contribution in [2.24, 2.45) is 29.1 Å². The summed E-state index contributed by atoms with van der Waals surface area (Å²) in [6.07, 6.45) is 24.6. The standard InChI is InChI=1S/C35H41Cl4NO2/c1-35(2)23-10-6-7-11-24(23)40(20-8-4-3-5-9-20)25-15-13-19-16-18(12-14-21(19)28(25)35)17-22-33(41)26-27(34(22)42)30(37)32(39)31(38)29(26)36/h10-15,17-21,25,28-29,31,33-34,41-42H,3-9,16H2,1-2H3/b22-17+. The highest BCUT2D eigenvalue weighted by Crippen LogP contribution is 2.58. The quantitative estimate of drug-likeness (QED) is 0.233. The van der Waals surface area contributed by atoms with Gasteiger partial charge in [-0.3, -0.25) is 0 Å². The van der Waals surface area contributed by atoms with Crippen LogP contribution in [0.2, 0.25) is 0 Å². The second kappa shape index (κ2) is 11.1. The number of aliphatic hydroxyl groups is 2. The maximum absolute atomic E-state index is 11.3. The molecule has 7 aliphatic rings. The van der Waals surface area contributed by atoms with Crippen LogP contribution in [0.4, 0.5) is 0 Å². The van der Waals surface area contributed by atoms with Gasteiger partial charge in [0.15, 0.2) is 0 Å². The Balaban J connectivity index is 1.19. The minimum Gasteiger partial charge on any atom is -0.384 e. The van der Waals surface area contributed by atoms with Crippen molar-refractivity contribution < 1.29 is 10.2 Å². The van der Waals surface area contributed by atoms with E-state index in [1.807, 2.05) is 6.08 Å². The van der Waals surface area contributed by atoms with Crippen LogP contribution in [0.1, 0.15) is 65.2 Å². The van der Waals surface area contributed by atoms with Crippen molar-refractivity contribution in [3.05, 3.63) is 80.6 Å². The van der Waals surface area contributed by atoms with Gasteiger partial charge in [-0.15, -0.1) is 23.2 Å². The Kier molecular flexibility index (Phi) is 7.89. The van der Waals surface area contributed by atoms with E-state index < -0.39 is 23.0 Å². The molecular weight excluding hydrogens is 608 g/mol. The summed E-state index contributed by atoms with van der Waals surface area (Å²) < 4.78 is 0. The van der Waals surface area contributed by atoms with Gasteiger partial charge in [0.1, 0.15) is 12.2 Å². The molecule has 42 heavy (non-hydrogen) atoms. The Bertz CT molecular complexity index is 1360. The van der Waals surface area contributed by atoms with Gasteiger partial charge in [0.05, 0.1) is 26.9 Å². The van der Waals surface area contributed by atoms with Gasteiger partial charge in [0, 0.05) is 17.3 Å². The average Bonchev–Trinajstić information content (AvgIpc) is 3.24. The summed E-state index contributed by atoms with van der Waals surface area (Å²) in [5, 5.41) is 21.5. The molecule has 3 nitrogen and oxygen atoms in total. The van der Waals surface area contributed by atoms with Gasteiger partial charge in [-0.25, -0.2) is 0 Å². The molecule has 2 N–H and O–H groups in total. The van der Waals surface area contributed by atoms with E-state index in [4.69, 9.17) is 46.4 Å². The highest BCUT2D eigenvalue weighted by Gasteiger charge is 2.54. The van der Waals surface area contributed by atoms with Crippen LogP contribution in [0.25, 0.3) is 0 Å². The molecule has 0 bridgehead atoms. The number of allylic oxidation sites excluding steroid dienone is 8. The number of aliphatic hydroxyl groups excluding tert-OH is 2. The summed E-state index contributed by atoms with van der Waals surface area (Å²) in [6, 6.07) is 1.03. The Morgan fingerprint density at radius 2 is 1.64 bits per heavy atom. The van der Waals surface area contributed by atoms with Crippen molar-refractivity contribution in [3.8, 4) is 0 Å². The second-order valence-electron chi connectivity index (χ2n) is 13.9. The fourth-order valence-electron chi connectivity index (χ4n) is 9.41. The van der Waals surface area contributed by atoms with Gasteiger partial charge in [0.2, 0.25) is 0 Å². The van der Waals surface area contributed by atoms with Crippen molar-refractivity contribution in [3.63, 3.8) is 0 Å². The molecule has 1 heterocycles. The number of likely N-dealkylation sites (tertiary alicyclic amines) is 1. The highest BCUT2D eigenvalue weighted by atomic mass is 35.5. The van der Waals surface area contributed by atoms with E-state index in [1.54, 1.807) is 5.57 Å². The second-order valence-corrected chi connectivity index (χ2v) is 15.7. The summed E-state index contributed by atoms with van der Waals surface area (Å²) >= 11 is 25.9. The largest absolute Gasteiger partial charge is 0.384 e. The van der Waals surface area contributed by atoms with Crippen LogP contribution in [0.15, 0.2) is 80.6 Å². The first-order valence-corrected chi connectivity index (χ1v) is 17.5. The maximum Gasteiger partial charge on any atom is 0.104 e. The van der Waals surface area contributed by atoms with Gasteiger partial charge in [-0.2, -0.15) is 0 Å². The number of halogens is 4. The minimum atomic E-state index is -1.05. The topological polar surface area (TPSA) is 43.7 Å². The minimum absolute atomic E-state index is 0.0715. The number of fused-ring (bicyclic) bond motifs is 4. The molecule has 0 radical (unpaired) electrons. The molecule has 9 atom stereocenters. The van der Waals surface area contributed by atoms with E-state index in [9.17, 15) is 10.2 Å². The Hall–Kier alpha value is -0.940. The third-order valence-corrected chi connectivity index (χ3v) is 13.5. The van der Waals surface area contributed by atoms with Crippen LogP contribution in [0.5, 0.6) is 0 Å². The van der Waals surface area contributed by atoms with Crippen LogP contribution >= 0.6 is 46.4 Å². The fraction of sp³-hybridized carbons (Fsp3) is 0.600. The molecule has 0 aromatic rings. The Morgan fingerprint density at radius 1 is 0.905 bits per heavy atom. The molecule has 0 amide bonds. The molecule has 7 heteroatoms. The summed E-state index contributed by atoms with van der Waals surface area (Å²) in [7, 11) is 0. The summed E-state index contributed by atoms with van der Waals surface area (Å²) in [5.74, 6) is 1.40. The molecular formula is C35H41Cl4NO2. The van der Waals surface area contributed by atoms with Gasteiger partial charge in [-0.1, -0.05) is 98.8 Å². The van der Waals surface area contributed by atoms with Gasteiger partial charge < -0.3 is 15.1 Å². The van der Waals surface area contributed by atoms with Crippen molar-refractivity contribution >= 4 is 46.4 Å². The van der Waals surface area contributed by atoms with E-state index in [2.05, 4.69) is 55.2 Å². The van der Waals surface area contributed by atoms with Crippen LogP contribution in [0.3, 0.4) is 0 Å². The van der Waals surface area contributed by atoms with Crippen LogP contribution in [0, 0.1) is 29.1 Å². The van der Waals surface area contributed by atoms with E-state index in [0.29, 0.717) is 46.6 Å². The molecule has 2 fully saturated rings. The molecule has 6 aliphatic carbocycles. The van der Waals surface area contributed by atoms with Crippen LogP contribution in [-0.2, 0) is 0 Å². The molecule has 0 spiro atoms. The summed E-state index contributed by atoms with van der Waals surface area (Å²) in [5.41, 5.74) is 4.54. The van der Waals surface area contributed by atoms with Gasteiger partial charge in [0.25, 0.3) is 0 Å². The first-order chi connectivity index (χ1) is 20.1. The van der Waals surface area contributed by atoms with Crippen molar-refractivity contribution in [1.82, 2.24) is 4.90 Å². The SMILES string of the molecule is CC1(C)C2=CCCC=C2N(C2CCCCC2)C2C=CC3CC(/C=C4/C(O)C5=C(C4O)C(Cl)C(Cl)C(Cl)=C5Cl)C=CC3C21. The first-order valence-electron chi connectivity index (χ1n) is 15.8. The molecule has 7 rings (SSSR count). The lowest BCUT2D eigenvalue weighted by Crippen LogP contribution is -2.59. The van der Waals surface area contributed by atoms with Gasteiger partial charge in [-0.05, 0) is 77.9 Å². The Morgan fingerprint density at radius 3 is 2.40 bits per heavy atom. The van der Waals surface area contributed by atoms with Crippen molar-refractivity contribution in [2.45, 2.75) is 100 Å². The molecule has 1 saturated carbocycles. The maximum atomic E-state index is 11.3. The lowest BCUT2D eigenvalue weighted by Gasteiger charge is -2.60. The monoisotopic (exact) mass is 647 g/mol. The first kappa shape index (κ1) is 29.8. The van der Waals surface area contributed by atoms with Crippen LogP contribution in [-0.4, -0.2) is 50.2 Å². The number of piperidine rings is 1. The third-order valence-electron chi connectivity index (χ3n) is 11.3. The molecule has 226 valence electrons. The fourth-order valence-corrected chi connectivity index (χ4v) is 10.7. The number of hydrogen-bond acceptors (Lipinski definition) is 3. The number of rotatable bonds is 2. The lowest BCUT2D eigenvalue weighted by molar-refractivity contribution is 0.0139. The summed E-state index contributed by atoms with van der Waals surface area (Å²) in [6.45, 7) is 4.95. The molecule has 0 aromatic carbocycles. The van der Waals surface area contributed by atoms with E-state index in [0.717, 1.165) is 19.3 Å². The van der Waals surface area contributed by atoms with Crippen LogP contribution < -0.4 is 0 Å². The van der Waals surface area contributed by atoms with E-state index in [-0.39, 0.29) is 21.4 Å². The lowest BCUT2D eigenvalue weighted by atomic mass is 9.54. The van der Waals surface area contributed by atoms with E-state index in [1.165, 1.54) is 37.8 Å². The zero-order chi connectivity index (χ0) is 29.5. The number of alkyl halides is 2.